The van der Waals surface area contributed by atoms with E-state index in [0.717, 1.165) is 24.0 Å². The van der Waals surface area contributed by atoms with Crippen molar-refractivity contribution in [3.63, 3.8) is 0 Å². The summed E-state index contributed by atoms with van der Waals surface area (Å²) >= 11 is 7.44. The van der Waals surface area contributed by atoms with Crippen LogP contribution in [0.2, 0.25) is 0 Å². The molecule has 1 atom stereocenters. The van der Waals surface area contributed by atoms with Crippen molar-refractivity contribution in [3.05, 3.63) is 78.4 Å². The van der Waals surface area contributed by atoms with E-state index in [0.29, 0.717) is 6.04 Å². The van der Waals surface area contributed by atoms with E-state index >= 15 is 0 Å². The molecule has 25 heavy (non-hydrogen) atoms. The maximum atomic E-state index is 5.53. The molecule has 0 aromatic heterocycles. The van der Waals surface area contributed by atoms with Gasteiger partial charge in [-0.25, -0.2) is 0 Å². The average molecular weight is 365 g/mol. The van der Waals surface area contributed by atoms with Crippen LogP contribution in [-0.2, 0) is 0 Å². The van der Waals surface area contributed by atoms with Crippen LogP contribution in [0.5, 0.6) is 0 Å². The first kappa shape index (κ1) is 16.4. The quantitative estimate of drug-likeness (QED) is 0.513. The Balaban J connectivity index is 1.38. The first-order valence-electron chi connectivity index (χ1n) is 8.52. The van der Waals surface area contributed by atoms with Gasteiger partial charge in [-0.2, -0.15) is 0 Å². The molecule has 3 aromatic rings. The number of rotatable bonds is 5. The molecule has 0 aliphatic carbocycles. The van der Waals surface area contributed by atoms with Gasteiger partial charge in [0, 0.05) is 23.7 Å². The van der Waals surface area contributed by atoms with Gasteiger partial charge in [0.15, 0.2) is 5.11 Å². The number of benzene rings is 3. The van der Waals surface area contributed by atoms with Crippen molar-refractivity contribution in [2.45, 2.75) is 10.9 Å². The van der Waals surface area contributed by atoms with Crippen molar-refractivity contribution in [2.24, 2.45) is 0 Å². The third-order valence-corrected chi connectivity index (χ3v) is 5.99. The minimum Gasteiger partial charge on any atom is -0.354 e. The zero-order chi connectivity index (χ0) is 17.1. The van der Waals surface area contributed by atoms with Gasteiger partial charge >= 0.3 is 0 Å². The summed E-state index contributed by atoms with van der Waals surface area (Å²) in [6, 6.07) is 25.9. The Labute approximate surface area is 158 Å². The number of nitrogens with zero attached hydrogens (tertiary/aromatic N) is 1. The van der Waals surface area contributed by atoms with Gasteiger partial charge in [0.1, 0.15) is 0 Å². The zero-order valence-corrected chi connectivity index (χ0v) is 15.5. The number of thiocarbonyl (C=S) groups is 1. The summed E-state index contributed by atoms with van der Waals surface area (Å²) < 4.78 is 0. The summed E-state index contributed by atoms with van der Waals surface area (Å²) in [6.45, 7) is 1.90. The molecule has 126 valence electrons. The molecular formula is C21H20N2S2. The van der Waals surface area contributed by atoms with Gasteiger partial charge in [-0.3, -0.25) is 0 Å². The van der Waals surface area contributed by atoms with Crippen LogP contribution in [0.4, 0.5) is 0 Å². The number of fused-ring (bicyclic) bond motifs is 1. The molecule has 1 N–H and O–H groups in total. The van der Waals surface area contributed by atoms with E-state index in [1.165, 1.54) is 21.2 Å². The highest BCUT2D eigenvalue weighted by Crippen LogP contribution is 2.28. The predicted molar refractivity (Wildman–Crippen MR) is 111 cm³/mol. The van der Waals surface area contributed by atoms with Crippen molar-refractivity contribution >= 4 is 39.9 Å². The standard InChI is InChI=1S/C21H20N2S2/c24-21-22-19(17-8-2-1-3-9-17)15-23(21)13-14-25-20-12-6-10-16-7-4-5-11-18(16)20/h1-12,19H,13-15H2,(H,22,24). The Bertz CT molecular complexity index is 874. The summed E-state index contributed by atoms with van der Waals surface area (Å²) in [5.74, 6) is 1.03. The highest BCUT2D eigenvalue weighted by molar-refractivity contribution is 7.99. The molecule has 1 aliphatic rings. The van der Waals surface area contributed by atoms with Crippen LogP contribution in [0.3, 0.4) is 0 Å². The monoisotopic (exact) mass is 364 g/mol. The molecule has 3 aromatic carbocycles. The van der Waals surface area contributed by atoms with Gasteiger partial charge in [0.25, 0.3) is 0 Å². The van der Waals surface area contributed by atoms with Crippen molar-refractivity contribution in [1.82, 2.24) is 10.2 Å². The molecule has 1 heterocycles. The largest absolute Gasteiger partial charge is 0.354 e. The van der Waals surface area contributed by atoms with E-state index in [1.807, 2.05) is 11.8 Å². The fourth-order valence-corrected chi connectivity index (χ4v) is 4.60. The van der Waals surface area contributed by atoms with Crippen molar-refractivity contribution < 1.29 is 0 Å². The Morgan fingerprint density at radius 1 is 0.960 bits per heavy atom. The van der Waals surface area contributed by atoms with Crippen LogP contribution in [-0.4, -0.2) is 28.9 Å². The fourth-order valence-electron chi connectivity index (χ4n) is 3.24. The highest BCUT2D eigenvalue weighted by atomic mass is 32.2. The molecular weight excluding hydrogens is 344 g/mol. The minimum atomic E-state index is 0.302. The van der Waals surface area contributed by atoms with Crippen LogP contribution in [0.1, 0.15) is 11.6 Å². The van der Waals surface area contributed by atoms with E-state index in [4.69, 9.17) is 12.2 Å². The molecule has 1 fully saturated rings. The molecule has 0 radical (unpaired) electrons. The SMILES string of the molecule is S=C1NC(c2ccccc2)CN1CCSc1cccc2ccccc12. The van der Waals surface area contributed by atoms with Gasteiger partial charge in [0.2, 0.25) is 0 Å². The molecule has 4 heteroatoms. The lowest BCUT2D eigenvalue weighted by Crippen LogP contribution is -2.29. The maximum absolute atomic E-state index is 5.53. The average Bonchev–Trinajstić information content (AvgIpc) is 3.03. The predicted octanol–water partition coefficient (Wildman–Crippen LogP) is 4.86. The molecule has 0 saturated carbocycles. The van der Waals surface area contributed by atoms with E-state index in [1.54, 1.807) is 0 Å². The van der Waals surface area contributed by atoms with E-state index < -0.39 is 0 Å². The van der Waals surface area contributed by atoms with Crippen LogP contribution in [0.15, 0.2) is 77.7 Å². The molecule has 0 bridgehead atoms. The maximum Gasteiger partial charge on any atom is 0.169 e. The van der Waals surface area contributed by atoms with E-state index in [-0.39, 0.29) is 0 Å². The second-order valence-electron chi connectivity index (χ2n) is 6.18. The Morgan fingerprint density at radius 2 is 1.72 bits per heavy atom. The molecule has 1 aliphatic heterocycles. The van der Waals surface area contributed by atoms with Crippen molar-refractivity contribution in [2.75, 3.05) is 18.8 Å². The zero-order valence-electron chi connectivity index (χ0n) is 13.9. The molecule has 0 amide bonds. The molecule has 0 spiro atoms. The van der Waals surface area contributed by atoms with Gasteiger partial charge in [-0.15, -0.1) is 11.8 Å². The van der Waals surface area contributed by atoms with E-state index in [9.17, 15) is 0 Å². The number of hydrogen-bond donors (Lipinski definition) is 1. The van der Waals surface area contributed by atoms with Crippen molar-refractivity contribution in [1.29, 1.82) is 0 Å². The lowest BCUT2D eigenvalue weighted by molar-refractivity contribution is 0.464. The first-order valence-corrected chi connectivity index (χ1v) is 9.91. The highest BCUT2D eigenvalue weighted by Gasteiger charge is 2.26. The van der Waals surface area contributed by atoms with Gasteiger partial charge in [-0.1, -0.05) is 66.7 Å². The first-order chi connectivity index (χ1) is 12.3. The van der Waals surface area contributed by atoms with Gasteiger partial charge < -0.3 is 10.2 Å². The second-order valence-corrected chi connectivity index (χ2v) is 7.71. The van der Waals surface area contributed by atoms with Crippen LogP contribution < -0.4 is 5.32 Å². The van der Waals surface area contributed by atoms with Gasteiger partial charge in [-0.05, 0) is 34.6 Å². The van der Waals surface area contributed by atoms with Crippen LogP contribution in [0.25, 0.3) is 10.8 Å². The summed E-state index contributed by atoms with van der Waals surface area (Å²) in [4.78, 5) is 3.63. The lowest BCUT2D eigenvalue weighted by Gasteiger charge is -2.16. The number of thioether (sulfide) groups is 1. The summed E-state index contributed by atoms with van der Waals surface area (Å²) in [6.07, 6.45) is 0. The molecule has 4 rings (SSSR count). The van der Waals surface area contributed by atoms with Crippen LogP contribution >= 0.6 is 24.0 Å². The molecule has 1 saturated heterocycles. The topological polar surface area (TPSA) is 15.3 Å². The fraction of sp³-hybridized carbons (Fsp3) is 0.190. The Kier molecular flexibility index (Phi) is 4.90. The number of hydrogen-bond acceptors (Lipinski definition) is 2. The molecule has 1 unspecified atom stereocenters. The Morgan fingerprint density at radius 3 is 2.60 bits per heavy atom. The van der Waals surface area contributed by atoms with Gasteiger partial charge in [0.05, 0.1) is 6.04 Å². The Hall–Kier alpha value is -2.04. The van der Waals surface area contributed by atoms with E-state index in [2.05, 4.69) is 83.0 Å². The third kappa shape index (κ3) is 3.65. The van der Waals surface area contributed by atoms with Crippen LogP contribution in [0, 0.1) is 0 Å². The second kappa shape index (κ2) is 7.46. The van der Waals surface area contributed by atoms with Crippen molar-refractivity contribution in [3.8, 4) is 0 Å². The third-order valence-electron chi connectivity index (χ3n) is 4.56. The summed E-state index contributed by atoms with van der Waals surface area (Å²) in [5.41, 5.74) is 1.30. The smallest absolute Gasteiger partial charge is 0.169 e. The summed E-state index contributed by atoms with van der Waals surface area (Å²) in [5, 5.41) is 6.95. The normalized spacial score (nSPS) is 17.0. The lowest BCUT2D eigenvalue weighted by atomic mass is 10.1. The molecule has 2 nitrogen and oxygen atoms in total. The summed E-state index contributed by atoms with van der Waals surface area (Å²) in [7, 11) is 0. The number of nitrogens with one attached hydrogen (secondary N) is 1. The minimum absolute atomic E-state index is 0.302.